The lowest BCUT2D eigenvalue weighted by atomic mass is 9.61. The Hall–Kier alpha value is -3.92. The zero-order chi connectivity index (χ0) is 23.0. The Bertz CT molecular complexity index is 1410. The molecule has 1 amide bonds. The van der Waals surface area contributed by atoms with Crippen molar-refractivity contribution >= 4 is 11.9 Å². The molecule has 3 aliphatic rings. The predicted molar refractivity (Wildman–Crippen MR) is 122 cm³/mol. The first-order valence-corrected chi connectivity index (χ1v) is 11.1. The van der Waals surface area contributed by atoms with Crippen molar-refractivity contribution in [2.75, 3.05) is 7.05 Å². The van der Waals surface area contributed by atoms with Gasteiger partial charge in [-0.15, -0.1) is 0 Å². The summed E-state index contributed by atoms with van der Waals surface area (Å²) >= 11 is 0. The molecule has 6 rings (SSSR count). The van der Waals surface area contributed by atoms with Crippen molar-refractivity contribution in [1.82, 2.24) is 10.1 Å². The Labute approximate surface area is 191 Å². The first kappa shape index (κ1) is 19.7. The highest BCUT2D eigenvalue weighted by molar-refractivity contribution is 6.08. The highest BCUT2D eigenvalue weighted by atomic mass is 16.5. The number of benzene rings is 2. The minimum absolute atomic E-state index is 0.0840. The van der Waals surface area contributed by atoms with E-state index in [4.69, 9.17) is 15.2 Å². The third-order valence-corrected chi connectivity index (χ3v) is 7.78. The van der Waals surface area contributed by atoms with Crippen molar-refractivity contribution in [2.45, 2.75) is 38.1 Å². The Morgan fingerprint density at radius 3 is 2.76 bits per heavy atom. The third-order valence-electron chi connectivity index (χ3n) is 7.78. The van der Waals surface area contributed by atoms with Crippen LogP contribution in [0, 0.1) is 23.7 Å². The highest BCUT2D eigenvalue weighted by Gasteiger charge is 2.66. The van der Waals surface area contributed by atoms with Crippen LogP contribution in [0.2, 0.25) is 0 Å². The molecule has 7 heteroatoms. The SMILES string of the molecule is Cc1onc2c1CC1(CC2)Cc2ccc(-c3cccc(C#N)c3)cc2C12N=C(N)N(C)C2=O. The maximum absolute atomic E-state index is 13.9. The first-order valence-electron chi connectivity index (χ1n) is 11.1. The van der Waals surface area contributed by atoms with E-state index in [-0.39, 0.29) is 11.9 Å². The van der Waals surface area contributed by atoms with Crippen LogP contribution in [0.5, 0.6) is 0 Å². The molecular weight excluding hydrogens is 414 g/mol. The summed E-state index contributed by atoms with van der Waals surface area (Å²) in [7, 11) is 1.70. The number of aryl methyl sites for hydroxylation is 2. The van der Waals surface area contributed by atoms with Crippen molar-refractivity contribution in [3.8, 4) is 17.2 Å². The topological polar surface area (TPSA) is 109 Å². The minimum atomic E-state index is -1.08. The monoisotopic (exact) mass is 437 g/mol. The molecule has 0 radical (unpaired) electrons. The van der Waals surface area contributed by atoms with E-state index in [0.717, 1.165) is 58.5 Å². The Morgan fingerprint density at radius 2 is 2.00 bits per heavy atom. The molecule has 2 spiro atoms. The normalized spacial score (nSPS) is 25.3. The molecule has 2 heterocycles. The van der Waals surface area contributed by atoms with Crippen molar-refractivity contribution in [3.05, 3.63) is 76.2 Å². The second-order valence-corrected chi connectivity index (χ2v) is 9.41. The Balaban J connectivity index is 1.56. The van der Waals surface area contributed by atoms with Gasteiger partial charge in [-0.2, -0.15) is 5.26 Å². The molecule has 164 valence electrons. The van der Waals surface area contributed by atoms with Gasteiger partial charge in [0, 0.05) is 18.0 Å². The molecule has 2 N–H and O–H groups in total. The number of carbonyl (C=O) groups is 1. The Kier molecular flexibility index (Phi) is 3.92. The summed E-state index contributed by atoms with van der Waals surface area (Å²) in [5, 5.41) is 13.6. The fraction of sp³-hybridized carbons (Fsp3) is 0.308. The molecule has 2 aliphatic carbocycles. The largest absolute Gasteiger partial charge is 0.369 e. The fourth-order valence-electron chi connectivity index (χ4n) is 6.06. The summed E-state index contributed by atoms with van der Waals surface area (Å²) in [6, 6.07) is 16.0. The van der Waals surface area contributed by atoms with Crippen LogP contribution in [0.15, 0.2) is 52.0 Å². The van der Waals surface area contributed by atoms with E-state index in [0.29, 0.717) is 12.0 Å². The van der Waals surface area contributed by atoms with Crippen LogP contribution < -0.4 is 5.73 Å². The van der Waals surface area contributed by atoms with Gasteiger partial charge in [-0.25, -0.2) is 4.99 Å². The number of aliphatic imine (C=N–C) groups is 1. The minimum Gasteiger partial charge on any atom is -0.369 e. The maximum atomic E-state index is 13.9. The highest BCUT2D eigenvalue weighted by Crippen LogP contribution is 2.61. The number of fused-ring (bicyclic) bond motifs is 4. The molecule has 0 bridgehead atoms. The van der Waals surface area contributed by atoms with Crippen molar-refractivity contribution in [1.29, 1.82) is 5.26 Å². The summed E-state index contributed by atoms with van der Waals surface area (Å²) in [6.07, 6.45) is 2.92. The number of nitriles is 1. The van der Waals surface area contributed by atoms with E-state index >= 15 is 0 Å². The summed E-state index contributed by atoms with van der Waals surface area (Å²) in [6.45, 7) is 1.93. The van der Waals surface area contributed by atoms with Gasteiger partial charge in [0.1, 0.15) is 5.76 Å². The lowest BCUT2D eigenvalue weighted by Gasteiger charge is -2.43. The number of rotatable bonds is 1. The zero-order valence-corrected chi connectivity index (χ0v) is 18.6. The van der Waals surface area contributed by atoms with Crippen LogP contribution in [-0.2, 0) is 29.6 Å². The number of nitrogens with zero attached hydrogens (tertiary/aromatic N) is 4. The molecule has 0 fully saturated rings. The van der Waals surface area contributed by atoms with E-state index < -0.39 is 11.0 Å². The smallest absolute Gasteiger partial charge is 0.262 e. The maximum Gasteiger partial charge on any atom is 0.262 e. The summed E-state index contributed by atoms with van der Waals surface area (Å²) in [5.41, 5.74) is 11.3. The molecule has 1 aromatic heterocycles. The van der Waals surface area contributed by atoms with Crippen molar-refractivity contribution < 1.29 is 9.32 Å². The van der Waals surface area contributed by atoms with Gasteiger partial charge in [0.15, 0.2) is 11.5 Å². The fourth-order valence-corrected chi connectivity index (χ4v) is 6.06. The molecule has 0 saturated heterocycles. The predicted octanol–water partition coefficient (Wildman–Crippen LogP) is 3.24. The van der Waals surface area contributed by atoms with Crippen LogP contribution in [0.25, 0.3) is 11.1 Å². The van der Waals surface area contributed by atoms with Gasteiger partial charge in [-0.05, 0) is 73.1 Å². The summed E-state index contributed by atoms with van der Waals surface area (Å²) < 4.78 is 5.48. The number of likely N-dealkylation sites (N-methyl/N-ethyl adjacent to an activating group) is 1. The molecule has 1 aliphatic heterocycles. The van der Waals surface area contributed by atoms with Crippen LogP contribution in [0.4, 0.5) is 0 Å². The van der Waals surface area contributed by atoms with Crippen molar-refractivity contribution in [3.63, 3.8) is 0 Å². The molecule has 2 unspecified atom stereocenters. The van der Waals surface area contributed by atoms with Crippen LogP contribution in [-0.4, -0.2) is 29.0 Å². The van der Waals surface area contributed by atoms with Crippen LogP contribution in [0.3, 0.4) is 0 Å². The molecule has 2 aromatic carbocycles. The standard InChI is InChI=1S/C26H23N5O2/c1-15-20-13-25(9-8-22(20)30-33-15)12-19-7-6-18(17-5-3-4-16(10-17)14-27)11-21(19)26(25)23(32)31(2)24(28)29-26/h3-7,10-11H,8-9,12-13H2,1-2H3,(H2,28,29). The van der Waals surface area contributed by atoms with E-state index in [1.807, 2.05) is 25.1 Å². The second kappa shape index (κ2) is 6.55. The Morgan fingerprint density at radius 1 is 1.18 bits per heavy atom. The molecule has 2 atom stereocenters. The average molecular weight is 438 g/mol. The number of nitrogens with two attached hydrogens (primary N) is 1. The zero-order valence-electron chi connectivity index (χ0n) is 18.6. The molecule has 3 aromatic rings. The third kappa shape index (κ3) is 2.46. The van der Waals surface area contributed by atoms with Gasteiger partial charge < -0.3 is 10.3 Å². The quantitative estimate of drug-likeness (QED) is 0.629. The van der Waals surface area contributed by atoms with Gasteiger partial charge in [-0.1, -0.05) is 29.4 Å². The number of hydrogen-bond donors (Lipinski definition) is 1. The van der Waals surface area contributed by atoms with E-state index in [9.17, 15) is 10.1 Å². The number of carbonyl (C=O) groups excluding carboxylic acids is 1. The summed E-state index contributed by atoms with van der Waals surface area (Å²) in [4.78, 5) is 20.3. The lowest BCUT2D eigenvalue weighted by Crippen LogP contribution is -2.51. The number of guanidine groups is 1. The van der Waals surface area contributed by atoms with Crippen molar-refractivity contribution in [2.24, 2.45) is 16.1 Å². The van der Waals surface area contributed by atoms with Gasteiger partial charge >= 0.3 is 0 Å². The van der Waals surface area contributed by atoms with E-state index in [1.54, 1.807) is 13.1 Å². The van der Waals surface area contributed by atoms with Gasteiger partial charge in [0.25, 0.3) is 5.91 Å². The summed E-state index contributed by atoms with van der Waals surface area (Å²) in [5.74, 6) is 0.969. The van der Waals surface area contributed by atoms with Gasteiger partial charge in [0.2, 0.25) is 0 Å². The molecule has 7 nitrogen and oxygen atoms in total. The van der Waals surface area contributed by atoms with E-state index in [1.165, 1.54) is 4.90 Å². The van der Waals surface area contributed by atoms with E-state index in [2.05, 4.69) is 29.4 Å². The lowest BCUT2D eigenvalue weighted by molar-refractivity contribution is -0.135. The average Bonchev–Trinajstić information content (AvgIpc) is 3.41. The second-order valence-electron chi connectivity index (χ2n) is 9.41. The van der Waals surface area contributed by atoms with Gasteiger partial charge in [0.05, 0.1) is 17.3 Å². The molecule has 33 heavy (non-hydrogen) atoms. The number of hydrogen-bond acceptors (Lipinski definition) is 6. The van der Waals surface area contributed by atoms with Crippen LogP contribution in [0.1, 0.15) is 40.1 Å². The number of aromatic nitrogens is 1. The van der Waals surface area contributed by atoms with Crippen LogP contribution >= 0.6 is 0 Å². The molecular formula is C26H23N5O2. The number of amides is 1. The molecule has 0 saturated carbocycles. The first-order chi connectivity index (χ1) is 15.9. The van der Waals surface area contributed by atoms with Gasteiger partial charge in [-0.3, -0.25) is 9.69 Å².